The van der Waals surface area contributed by atoms with Crippen LogP contribution in [0.15, 0.2) is 18.2 Å². The SMILES string of the molecule is Cc1ccc(CC(C)NC(=O)C2CNC2)c(C)c1. The highest BCUT2D eigenvalue weighted by atomic mass is 16.2. The smallest absolute Gasteiger partial charge is 0.225 e. The Hall–Kier alpha value is -1.35. The fraction of sp³-hybridized carbons (Fsp3) is 0.533. The van der Waals surface area contributed by atoms with Crippen molar-refractivity contribution in [2.45, 2.75) is 33.2 Å². The molecule has 98 valence electrons. The molecule has 1 fully saturated rings. The van der Waals surface area contributed by atoms with Crippen LogP contribution in [0, 0.1) is 19.8 Å². The average Bonchev–Trinajstić information content (AvgIpc) is 2.19. The highest BCUT2D eigenvalue weighted by Crippen LogP contribution is 2.13. The van der Waals surface area contributed by atoms with E-state index >= 15 is 0 Å². The molecule has 1 heterocycles. The molecule has 1 aliphatic heterocycles. The topological polar surface area (TPSA) is 41.1 Å². The van der Waals surface area contributed by atoms with Gasteiger partial charge in [0.05, 0.1) is 5.92 Å². The summed E-state index contributed by atoms with van der Waals surface area (Å²) in [5, 5.41) is 6.21. The van der Waals surface area contributed by atoms with Crippen LogP contribution in [0.3, 0.4) is 0 Å². The summed E-state index contributed by atoms with van der Waals surface area (Å²) in [5.74, 6) is 0.359. The molecule has 3 heteroatoms. The van der Waals surface area contributed by atoms with Crippen LogP contribution in [0.1, 0.15) is 23.6 Å². The van der Waals surface area contributed by atoms with Crippen molar-refractivity contribution in [3.63, 3.8) is 0 Å². The molecule has 1 aromatic carbocycles. The highest BCUT2D eigenvalue weighted by molar-refractivity contribution is 5.80. The number of nitrogens with one attached hydrogen (secondary N) is 2. The van der Waals surface area contributed by atoms with E-state index in [1.54, 1.807) is 0 Å². The van der Waals surface area contributed by atoms with Crippen LogP contribution in [0.5, 0.6) is 0 Å². The van der Waals surface area contributed by atoms with Crippen LogP contribution in [0.25, 0.3) is 0 Å². The maximum atomic E-state index is 11.8. The molecule has 18 heavy (non-hydrogen) atoms. The zero-order valence-electron chi connectivity index (χ0n) is 11.4. The predicted molar refractivity (Wildman–Crippen MR) is 73.6 cm³/mol. The van der Waals surface area contributed by atoms with E-state index in [-0.39, 0.29) is 17.9 Å². The first-order valence-electron chi connectivity index (χ1n) is 6.63. The molecule has 0 radical (unpaired) electrons. The second-order valence-electron chi connectivity index (χ2n) is 5.40. The lowest BCUT2D eigenvalue weighted by atomic mass is 9.98. The van der Waals surface area contributed by atoms with E-state index < -0.39 is 0 Å². The minimum absolute atomic E-state index is 0.173. The number of aryl methyl sites for hydroxylation is 2. The van der Waals surface area contributed by atoms with Gasteiger partial charge in [0.2, 0.25) is 5.91 Å². The molecule has 0 spiro atoms. The van der Waals surface area contributed by atoms with Crippen LogP contribution in [0.2, 0.25) is 0 Å². The maximum Gasteiger partial charge on any atom is 0.225 e. The molecule has 0 bridgehead atoms. The fourth-order valence-corrected chi connectivity index (χ4v) is 2.29. The molecule has 1 atom stereocenters. The molecular formula is C15H22N2O. The molecule has 1 aliphatic rings. The molecule has 2 N–H and O–H groups in total. The Morgan fingerprint density at radius 1 is 1.44 bits per heavy atom. The van der Waals surface area contributed by atoms with Gasteiger partial charge in [0.1, 0.15) is 0 Å². The van der Waals surface area contributed by atoms with Crippen molar-refractivity contribution in [3.05, 3.63) is 34.9 Å². The standard InChI is InChI=1S/C15H22N2O/c1-10-4-5-13(11(2)6-10)7-12(3)17-15(18)14-8-16-9-14/h4-6,12,14,16H,7-9H2,1-3H3,(H,17,18). The minimum atomic E-state index is 0.173. The van der Waals surface area contributed by atoms with Gasteiger partial charge in [-0.2, -0.15) is 0 Å². The van der Waals surface area contributed by atoms with Gasteiger partial charge in [-0.25, -0.2) is 0 Å². The van der Waals surface area contributed by atoms with E-state index in [9.17, 15) is 4.79 Å². The van der Waals surface area contributed by atoms with Crippen molar-refractivity contribution >= 4 is 5.91 Å². The number of carbonyl (C=O) groups excluding carboxylic acids is 1. The van der Waals surface area contributed by atoms with Gasteiger partial charge in [-0.1, -0.05) is 23.8 Å². The normalized spacial score (nSPS) is 17.1. The molecule has 1 unspecified atom stereocenters. The van der Waals surface area contributed by atoms with Gasteiger partial charge in [0, 0.05) is 19.1 Å². The quantitative estimate of drug-likeness (QED) is 0.846. The number of hydrogen-bond donors (Lipinski definition) is 2. The molecular weight excluding hydrogens is 224 g/mol. The molecule has 1 saturated heterocycles. The van der Waals surface area contributed by atoms with E-state index in [2.05, 4.69) is 49.6 Å². The lowest BCUT2D eigenvalue weighted by Crippen LogP contribution is -2.52. The van der Waals surface area contributed by atoms with Crippen molar-refractivity contribution in [1.29, 1.82) is 0 Å². The number of amides is 1. The Morgan fingerprint density at radius 2 is 2.17 bits per heavy atom. The van der Waals surface area contributed by atoms with Crippen molar-refractivity contribution in [2.24, 2.45) is 5.92 Å². The van der Waals surface area contributed by atoms with Gasteiger partial charge in [-0.05, 0) is 38.3 Å². The van der Waals surface area contributed by atoms with Crippen molar-refractivity contribution in [3.8, 4) is 0 Å². The molecule has 0 aromatic heterocycles. The lowest BCUT2D eigenvalue weighted by Gasteiger charge is -2.27. The third-order valence-corrected chi connectivity index (χ3v) is 3.57. The third-order valence-electron chi connectivity index (χ3n) is 3.57. The number of rotatable bonds is 4. The van der Waals surface area contributed by atoms with Crippen LogP contribution in [0.4, 0.5) is 0 Å². The van der Waals surface area contributed by atoms with Crippen LogP contribution < -0.4 is 10.6 Å². The number of benzene rings is 1. The van der Waals surface area contributed by atoms with Crippen LogP contribution >= 0.6 is 0 Å². The Labute approximate surface area is 109 Å². The van der Waals surface area contributed by atoms with Gasteiger partial charge >= 0.3 is 0 Å². The summed E-state index contributed by atoms with van der Waals surface area (Å²) in [5.41, 5.74) is 3.91. The monoisotopic (exact) mass is 246 g/mol. The van der Waals surface area contributed by atoms with E-state index in [0.717, 1.165) is 19.5 Å². The Morgan fingerprint density at radius 3 is 2.72 bits per heavy atom. The molecule has 1 amide bonds. The summed E-state index contributed by atoms with van der Waals surface area (Å²) in [6.07, 6.45) is 0.901. The summed E-state index contributed by atoms with van der Waals surface area (Å²) >= 11 is 0. The first kappa shape index (κ1) is 13.1. The van der Waals surface area contributed by atoms with E-state index in [1.807, 2.05) is 0 Å². The van der Waals surface area contributed by atoms with Gasteiger partial charge in [0.15, 0.2) is 0 Å². The summed E-state index contributed by atoms with van der Waals surface area (Å²) in [6, 6.07) is 6.68. The lowest BCUT2D eigenvalue weighted by molar-refractivity contribution is -0.127. The van der Waals surface area contributed by atoms with E-state index in [1.165, 1.54) is 16.7 Å². The van der Waals surface area contributed by atoms with Crippen LogP contribution in [-0.2, 0) is 11.2 Å². The van der Waals surface area contributed by atoms with Crippen molar-refractivity contribution in [1.82, 2.24) is 10.6 Å². The molecule has 3 nitrogen and oxygen atoms in total. The summed E-state index contributed by atoms with van der Waals surface area (Å²) in [4.78, 5) is 11.8. The van der Waals surface area contributed by atoms with E-state index in [4.69, 9.17) is 0 Å². The van der Waals surface area contributed by atoms with Crippen molar-refractivity contribution in [2.75, 3.05) is 13.1 Å². The average molecular weight is 246 g/mol. The highest BCUT2D eigenvalue weighted by Gasteiger charge is 2.25. The maximum absolute atomic E-state index is 11.8. The first-order chi connectivity index (χ1) is 8.56. The second kappa shape index (κ2) is 5.53. The van der Waals surface area contributed by atoms with Gasteiger partial charge in [-0.15, -0.1) is 0 Å². The molecule has 0 saturated carbocycles. The largest absolute Gasteiger partial charge is 0.353 e. The molecule has 0 aliphatic carbocycles. The zero-order chi connectivity index (χ0) is 13.1. The fourth-order valence-electron chi connectivity index (χ4n) is 2.29. The first-order valence-corrected chi connectivity index (χ1v) is 6.63. The van der Waals surface area contributed by atoms with Crippen LogP contribution in [-0.4, -0.2) is 25.0 Å². The Kier molecular flexibility index (Phi) is 4.02. The number of carbonyl (C=O) groups is 1. The van der Waals surface area contributed by atoms with Gasteiger partial charge in [0.25, 0.3) is 0 Å². The second-order valence-corrected chi connectivity index (χ2v) is 5.40. The summed E-state index contributed by atoms with van der Waals surface area (Å²) in [6.45, 7) is 7.95. The Balaban J connectivity index is 1.89. The summed E-state index contributed by atoms with van der Waals surface area (Å²) in [7, 11) is 0. The third kappa shape index (κ3) is 3.10. The predicted octanol–water partition coefficient (Wildman–Crippen LogP) is 1.57. The van der Waals surface area contributed by atoms with Gasteiger partial charge < -0.3 is 10.6 Å². The zero-order valence-corrected chi connectivity index (χ0v) is 11.4. The number of hydrogen-bond acceptors (Lipinski definition) is 2. The minimum Gasteiger partial charge on any atom is -0.353 e. The molecule has 1 aromatic rings. The van der Waals surface area contributed by atoms with E-state index in [0.29, 0.717) is 0 Å². The Bertz CT molecular complexity index is 438. The van der Waals surface area contributed by atoms with Gasteiger partial charge in [-0.3, -0.25) is 4.79 Å². The molecule has 2 rings (SSSR count). The van der Waals surface area contributed by atoms with Crippen molar-refractivity contribution < 1.29 is 4.79 Å². The summed E-state index contributed by atoms with van der Waals surface area (Å²) < 4.78 is 0.